The number of anilines is 1. The molecule has 0 spiro atoms. The molecule has 0 unspecified atom stereocenters. The first-order valence-corrected chi connectivity index (χ1v) is 10.5. The van der Waals surface area contributed by atoms with Gasteiger partial charge in [-0.1, -0.05) is 18.7 Å². The van der Waals surface area contributed by atoms with Crippen LogP contribution in [0.25, 0.3) is 0 Å². The molecular weight excluding hydrogens is 386 g/mol. The van der Waals surface area contributed by atoms with Crippen molar-refractivity contribution < 1.29 is 19.1 Å². The van der Waals surface area contributed by atoms with Crippen LogP contribution in [0.2, 0.25) is 0 Å². The average molecular weight is 410 g/mol. The van der Waals surface area contributed by atoms with Crippen LogP contribution >= 0.6 is 23.1 Å². The predicted molar refractivity (Wildman–Crippen MR) is 108 cm³/mol. The minimum atomic E-state index is -0.495. The fourth-order valence-electron chi connectivity index (χ4n) is 3.40. The predicted octanol–water partition coefficient (Wildman–Crippen LogP) is 2.55. The summed E-state index contributed by atoms with van der Waals surface area (Å²) in [6.07, 6.45) is 2.76. The normalized spacial score (nSPS) is 23.5. The SMILES string of the molecule is CN=C1S[C@@H](CC(=O)Nc2sc3c(c2C(=O)OC)CC[C@H](C)C3)C(=O)N1C. The van der Waals surface area contributed by atoms with Gasteiger partial charge in [0.25, 0.3) is 0 Å². The molecule has 0 bridgehead atoms. The van der Waals surface area contributed by atoms with Crippen molar-refractivity contribution in [1.82, 2.24) is 4.90 Å². The second kappa shape index (κ2) is 8.02. The third kappa shape index (κ3) is 3.89. The van der Waals surface area contributed by atoms with Crippen LogP contribution in [0.3, 0.4) is 0 Å². The van der Waals surface area contributed by atoms with E-state index in [4.69, 9.17) is 4.74 Å². The van der Waals surface area contributed by atoms with E-state index in [1.165, 1.54) is 35.1 Å². The van der Waals surface area contributed by atoms with Crippen molar-refractivity contribution in [2.75, 3.05) is 26.5 Å². The summed E-state index contributed by atoms with van der Waals surface area (Å²) in [5, 5.41) is 3.48. The zero-order valence-electron chi connectivity index (χ0n) is 15.8. The highest BCUT2D eigenvalue weighted by Gasteiger charge is 2.37. The zero-order valence-corrected chi connectivity index (χ0v) is 17.5. The third-order valence-electron chi connectivity index (χ3n) is 4.86. The highest BCUT2D eigenvalue weighted by molar-refractivity contribution is 8.15. The first kappa shape index (κ1) is 19.9. The lowest BCUT2D eigenvalue weighted by Gasteiger charge is -2.18. The van der Waals surface area contributed by atoms with Gasteiger partial charge in [-0.25, -0.2) is 4.79 Å². The van der Waals surface area contributed by atoms with Gasteiger partial charge in [-0.05, 0) is 30.7 Å². The molecule has 0 saturated carbocycles. The number of nitrogens with one attached hydrogen (secondary N) is 1. The van der Waals surface area contributed by atoms with Crippen LogP contribution in [-0.2, 0) is 27.2 Å². The summed E-state index contributed by atoms with van der Waals surface area (Å²) >= 11 is 2.73. The molecule has 2 heterocycles. The van der Waals surface area contributed by atoms with Gasteiger partial charge < -0.3 is 10.1 Å². The smallest absolute Gasteiger partial charge is 0.341 e. The number of carbonyl (C=O) groups excluding carboxylic acids is 3. The molecule has 3 rings (SSSR count). The zero-order chi connectivity index (χ0) is 19.7. The summed E-state index contributed by atoms with van der Waals surface area (Å²) < 4.78 is 4.94. The lowest BCUT2D eigenvalue weighted by atomic mass is 9.88. The summed E-state index contributed by atoms with van der Waals surface area (Å²) in [6, 6.07) is 0. The van der Waals surface area contributed by atoms with Crippen LogP contribution in [0.15, 0.2) is 4.99 Å². The molecule has 0 radical (unpaired) electrons. The Balaban J connectivity index is 1.78. The average Bonchev–Trinajstić information content (AvgIpc) is 3.12. The summed E-state index contributed by atoms with van der Waals surface area (Å²) in [6.45, 7) is 2.19. The minimum absolute atomic E-state index is 0.0342. The Kier molecular flexibility index (Phi) is 5.90. The van der Waals surface area contributed by atoms with Crippen LogP contribution in [0.5, 0.6) is 0 Å². The molecule has 7 nitrogen and oxygen atoms in total. The van der Waals surface area contributed by atoms with Crippen molar-refractivity contribution in [1.29, 1.82) is 0 Å². The second-order valence-corrected chi connectivity index (χ2v) is 9.08. The van der Waals surface area contributed by atoms with E-state index >= 15 is 0 Å². The quantitative estimate of drug-likeness (QED) is 0.772. The van der Waals surface area contributed by atoms with Crippen molar-refractivity contribution >= 4 is 51.1 Å². The molecule has 2 amide bonds. The van der Waals surface area contributed by atoms with E-state index in [9.17, 15) is 14.4 Å². The number of rotatable bonds is 4. The van der Waals surface area contributed by atoms with E-state index < -0.39 is 11.2 Å². The number of aliphatic imine (C=N–C) groups is 1. The Labute approximate surface area is 166 Å². The lowest BCUT2D eigenvalue weighted by molar-refractivity contribution is -0.127. The van der Waals surface area contributed by atoms with Gasteiger partial charge in [-0.3, -0.25) is 19.5 Å². The lowest BCUT2D eigenvalue weighted by Crippen LogP contribution is -2.30. The van der Waals surface area contributed by atoms with Gasteiger partial charge in [0.05, 0.1) is 12.7 Å². The molecule has 1 aromatic heterocycles. The Morgan fingerprint density at radius 2 is 2.15 bits per heavy atom. The minimum Gasteiger partial charge on any atom is -0.465 e. The molecule has 9 heteroatoms. The van der Waals surface area contributed by atoms with Crippen molar-refractivity contribution in [3.8, 4) is 0 Å². The van der Waals surface area contributed by atoms with E-state index in [1.807, 2.05) is 0 Å². The van der Waals surface area contributed by atoms with Crippen LogP contribution in [0.1, 0.15) is 40.6 Å². The number of amidine groups is 1. The summed E-state index contributed by atoms with van der Waals surface area (Å²) in [4.78, 5) is 43.8. The Hall–Kier alpha value is -1.87. The van der Waals surface area contributed by atoms with E-state index in [1.54, 1.807) is 14.1 Å². The molecular formula is C18H23N3O4S2. The van der Waals surface area contributed by atoms with Crippen molar-refractivity contribution in [3.05, 3.63) is 16.0 Å². The number of carbonyl (C=O) groups is 3. The maximum Gasteiger partial charge on any atom is 0.341 e. The van der Waals surface area contributed by atoms with Crippen LogP contribution in [0, 0.1) is 5.92 Å². The van der Waals surface area contributed by atoms with Crippen molar-refractivity contribution in [3.63, 3.8) is 0 Å². The van der Waals surface area contributed by atoms with Crippen LogP contribution in [0.4, 0.5) is 5.00 Å². The summed E-state index contributed by atoms with van der Waals surface area (Å²) in [5.41, 5.74) is 1.46. The van der Waals surface area contributed by atoms with E-state index in [0.29, 0.717) is 21.7 Å². The molecule has 1 fully saturated rings. The number of thioether (sulfide) groups is 1. The summed E-state index contributed by atoms with van der Waals surface area (Å²) in [7, 11) is 4.62. The number of esters is 1. The highest BCUT2D eigenvalue weighted by atomic mass is 32.2. The van der Waals surface area contributed by atoms with Gasteiger partial charge in [0, 0.05) is 25.4 Å². The number of fused-ring (bicyclic) bond motifs is 1. The molecule has 146 valence electrons. The molecule has 2 aliphatic rings. The summed E-state index contributed by atoms with van der Waals surface area (Å²) in [5.74, 6) is -0.296. The fourth-order valence-corrected chi connectivity index (χ4v) is 5.92. The van der Waals surface area contributed by atoms with Crippen LogP contribution < -0.4 is 5.32 Å². The molecule has 0 aromatic carbocycles. The van der Waals surface area contributed by atoms with E-state index in [2.05, 4.69) is 17.2 Å². The number of methoxy groups -OCH3 is 1. The van der Waals surface area contributed by atoms with Gasteiger partial charge in [0.1, 0.15) is 10.3 Å². The monoisotopic (exact) mass is 409 g/mol. The van der Waals surface area contributed by atoms with E-state index in [0.717, 1.165) is 29.7 Å². The van der Waals surface area contributed by atoms with Gasteiger partial charge in [0.2, 0.25) is 11.8 Å². The fraction of sp³-hybridized carbons (Fsp3) is 0.556. The molecule has 1 aliphatic heterocycles. The first-order chi connectivity index (χ1) is 12.8. The standard InChI is InChI=1S/C18H23N3O4S2/c1-9-5-6-10-11(7-9)26-15(14(10)17(24)25-4)20-13(22)8-12-16(23)21(3)18(19-2)27-12/h9,12H,5-8H2,1-4H3,(H,20,22)/t9-,12-/m0/s1. The van der Waals surface area contributed by atoms with Gasteiger partial charge in [0.15, 0.2) is 5.17 Å². The Morgan fingerprint density at radius 1 is 1.41 bits per heavy atom. The third-order valence-corrected chi connectivity index (χ3v) is 7.35. The number of thiophene rings is 1. The number of hydrogen-bond acceptors (Lipinski definition) is 7. The molecule has 1 aromatic rings. The van der Waals surface area contributed by atoms with Gasteiger partial charge >= 0.3 is 5.97 Å². The van der Waals surface area contributed by atoms with E-state index in [-0.39, 0.29) is 18.2 Å². The number of nitrogens with zero attached hydrogens (tertiary/aromatic N) is 2. The second-order valence-electron chi connectivity index (χ2n) is 6.81. The van der Waals surface area contributed by atoms with Gasteiger partial charge in [-0.2, -0.15) is 0 Å². The maximum atomic E-state index is 12.6. The molecule has 1 aliphatic carbocycles. The largest absolute Gasteiger partial charge is 0.465 e. The molecule has 1 N–H and O–H groups in total. The Bertz CT molecular complexity index is 818. The molecule has 27 heavy (non-hydrogen) atoms. The number of ether oxygens (including phenoxy) is 1. The van der Waals surface area contributed by atoms with Gasteiger partial charge in [-0.15, -0.1) is 11.3 Å². The first-order valence-electron chi connectivity index (χ1n) is 8.79. The van der Waals surface area contributed by atoms with Crippen molar-refractivity contribution in [2.45, 2.75) is 37.9 Å². The Morgan fingerprint density at radius 3 is 2.78 bits per heavy atom. The molecule has 2 atom stereocenters. The highest BCUT2D eigenvalue weighted by Crippen LogP contribution is 2.40. The van der Waals surface area contributed by atoms with Crippen molar-refractivity contribution in [2.24, 2.45) is 10.9 Å². The number of amides is 2. The van der Waals surface area contributed by atoms with Crippen LogP contribution in [-0.4, -0.2) is 54.3 Å². The maximum absolute atomic E-state index is 12.6. The topological polar surface area (TPSA) is 88.1 Å². The molecule has 1 saturated heterocycles. The number of hydrogen-bond donors (Lipinski definition) is 1.